The Balaban J connectivity index is 1.99. The van der Waals surface area contributed by atoms with E-state index in [4.69, 9.17) is 11.8 Å². The van der Waals surface area contributed by atoms with Crippen molar-refractivity contribution in [2.45, 2.75) is 6.92 Å². The van der Waals surface area contributed by atoms with Crippen LogP contribution in [0.5, 0.6) is 0 Å². The third-order valence-electron chi connectivity index (χ3n) is 5.35. The molecule has 5 heteroatoms. The third kappa shape index (κ3) is 2.13. The molecule has 0 N–H and O–H groups in total. The number of aliphatic imine (C=N–C) groups is 1. The van der Waals surface area contributed by atoms with Crippen LogP contribution >= 0.6 is 6.19 Å². The molecule has 0 radical (unpaired) electrons. The first-order chi connectivity index (χ1) is 13.7. The Kier molecular flexibility index (Phi) is 3.94. The zero-order valence-corrected chi connectivity index (χ0v) is 17.1. The molecule has 0 saturated heterocycles. The fraction of sp³-hybridized carbons (Fsp3) is 0.0435. The molecule has 0 saturated carbocycles. The number of aromatic nitrogens is 1. The SMILES string of the molecule is C=N/C=C1\C(=C/C)N2c3ccncc3-c3ccccc3P2(=S)c2ccccc21. The summed E-state index contributed by atoms with van der Waals surface area (Å²) in [5, 5.41) is 2.41. The average Bonchev–Trinajstić information content (AvgIpc) is 2.75. The number of fused-ring (bicyclic) bond motifs is 8. The normalized spacial score (nSPS) is 22.2. The highest BCUT2D eigenvalue weighted by molar-refractivity contribution is 8.23. The van der Waals surface area contributed by atoms with E-state index in [1.54, 1.807) is 0 Å². The average molecular weight is 399 g/mol. The van der Waals surface area contributed by atoms with Gasteiger partial charge < -0.3 is 4.67 Å². The van der Waals surface area contributed by atoms with Gasteiger partial charge in [-0.05, 0) is 30.8 Å². The van der Waals surface area contributed by atoms with Crippen LogP contribution in [-0.4, -0.2) is 11.7 Å². The van der Waals surface area contributed by atoms with E-state index in [0.717, 1.165) is 28.1 Å². The number of pyridine rings is 1. The van der Waals surface area contributed by atoms with Crippen molar-refractivity contribution in [1.29, 1.82) is 0 Å². The molecule has 136 valence electrons. The van der Waals surface area contributed by atoms with E-state index in [9.17, 15) is 0 Å². The van der Waals surface area contributed by atoms with Gasteiger partial charge in [-0.25, -0.2) is 0 Å². The number of nitrogens with zero attached hydrogens (tertiary/aromatic N) is 3. The Labute approximate surface area is 169 Å². The van der Waals surface area contributed by atoms with Crippen molar-refractivity contribution in [3.8, 4) is 11.1 Å². The van der Waals surface area contributed by atoms with Crippen molar-refractivity contribution >= 4 is 46.6 Å². The van der Waals surface area contributed by atoms with Crippen LogP contribution in [-0.2, 0) is 11.8 Å². The van der Waals surface area contributed by atoms with Crippen molar-refractivity contribution in [3.63, 3.8) is 0 Å². The predicted molar refractivity (Wildman–Crippen MR) is 123 cm³/mol. The van der Waals surface area contributed by atoms with E-state index in [0.29, 0.717) is 0 Å². The fourth-order valence-corrected chi connectivity index (χ4v) is 9.04. The Morgan fingerprint density at radius 3 is 2.39 bits per heavy atom. The predicted octanol–water partition coefficient (Wildman–Crippen LogP) is 4.87. The van der Waals surface area contributed by atoms with Crippen LogP contribution in [0.15, 0.2) is 90.0 Å². The van der Waals surface area contributed by atoms with Crippen molar-refractivity contribution in [1.82, 2.24) is 4.98 Å². The molecule has 2 aromatic carbocycles. The van der Waals surface area contributed by atoms with Gasteiger partial charge in [0.15, 0.2) is 0 Å². The van der Waals surface area contributed by atoms with Crippen molar-refractivity contribution < 1.29 is 0 Å². The van der Waals surface area contributed by atoms with Crippen molar-refractivity contribution in [2.75, 3.05) is 4.67 Å². The summed E-state index contributed by atoms with van der Waals surface area (Å²) in [5.41, 5.74) is 6.68. The third-order valence-corrected chi connectivity index (χ3v) is 10.1. The van der Waals surface area contributed by atoms with Crippen LogP contribution in [0, 0.1) is 0 Å². The summed E-state index contributed by atoms with van der Waals surface area (Å²) in [4.78, 5) is 8.50. The molecular weight excluding hydrogens is 381 g/mol. The summed E-state index contributed by atoms with van der Waals surface area (Å²) >= 11 is 6.60. The molecular formula is C23H18N3PS. The second-order valence-corrected chi connectivity index (χ2v) is 10.8. The Hall–Kier alpha value is -2.81. The van der Waals surface area contributed by atoms with Crippen molar-refractivity contribution in [2.24, 2.45) is 4.99 Å². The van der Waals surface area contributed by atoms with Gasteiger partial charge in [0, 0.05) is 40.3 Å². The molecule has 5 rings (SSSR count). The summed E-state index contributed by atoms with van der Waals surface area (Å²) < 4.78 is 2.36. The lowest BCUT2D eigenvalue weighted by Gasteiger charge is -2.48. The Morgan fingerprint density at radius 2 is 1.68 bits per heavy atom. The molecule has 3 aromatic rings. The molecule has 0 spiro atoms. The van der Waals surface area contributed by atoms with Gasteiger partial charge in [-0.15, -0.1) is 0 Å². The minimum Gasteiger partial charge on any atom is -0.304 e. The van der Waals surface area contributed by atoms with Crippen LogP contribution in [0.4, 0.5) is 5.69 Å². The zero-order valence-electron chi connectivity index (χ0n) is 15.4. The largest absolute Gasteiger partial charge is 0.304 e. The van der Waals surface area contributed by atoms with Gasteiger partial charge in [-0.1, -0.05) is 66.4 Å². The Morgan fingerprint density at radius 1 is 1.00 bits per heavy atom. The van der Waals surface area contributed by atoms with Gasteiger partial charge >= 0.3 is 0 Å². The fourth-order valence-electron chi connectivity index (χ4n) is 4.25. The molecule has 0 amide bonds. The van der Waals surface area contributed by atoms with Gasteiger partial charge in [-0.3, -0.25) is 9.98 Å². The maximum atomic E-state index is 6.60. The minimum atomic E-state index is -2.30. The van der Waals surface area contributed by atoms with Gasteiger partial charge in [0.2, 0.25) is 0 Å². The number of benzene rings is 2. The highest BCUT2D eigenvalue weighted by Gasteiger charge is 2.44. The maximum Gasteiger partial charge on any atom is 0.0985 e. The summed E-state index contributed by atoms with van der Waals surface area (Å²) in [6.07, 6.45) is 5.46. The molecule has 2 aliphatic heterocycles. The molecule has 3 heterocycles. The molecule has 3 nitrogen and oxygen atoms in total. The first-order valence-electron chi connectivity index (χ1n) is 9.09. The second kappa shape index (κ2) is 6.37. The quantitative estimate of drug-likeness (QED) is 0.432. The van der Waals surface area contributed by atoms with Gasteiger partial charge in [-0.2, -0.15) is 0 Å². The highest BCUT2D eigenvalue weighted by atomic mass is 32.4. The standard InChI is InChI=1S/C23H18N3PS/c1-3-20-18(14-24-2)16-8-4-6-10-22(16)27(28)23-11-7-5-9-17(23)19-15-25-13-12-21(19)26(20)27/h3-15H,2H2,1H3/b18-14-,20-3+. The summed E-state index contributed by atoms with van der Waals surface area (Å²) in [6, 6.07) is 19.0. The number of hydrogen-bond donors (Lipinski definition) is 0. The van der Waals surface area contributed by atoms with Crippen molar-refractivity contribution in [3.05, 3.63) is 90.5 Å². The van der Waals surface area contributed by atoms with E-state index in [1.165, 1.54) is 16.2 Å². The number of allylic oxidation sites excluding steroid dienone is 2. The zero-order chi connectivity index (χ0) is 19.3. The molecule has 1 unspecified atom stereocenters. The topological polar surface area (TPSA) is 28.5 Å². The lowest BCUT2D eigenvalue weighted by Crippen LogP contribution is -2.40. The molecule has 1 atom stereocenters. The molecule has 0 bridgehead atoms. The molecule has 0 fully saturated rings. The van der Waals surface area contributed by atoms with E-state index in [-0.39, 0.29) is 0 Å². The van der Waals surface area contributed by atoms with Crippen LogP contribution in [0.2, 0.25) is 0 Å². The van der Waals surface area contributed by atoms with Crippen LogP contribution < -0.4 is 15.3 Å². The maximum absolute atomic E-state index is 6.60. The van der Waals surface area contributed by atoms with Gasteiger partial charge in [0.1, 0.15) is 0 Å². The first-order valence-corrected chi connectivity index (χ1v) is 11.8. The monoisotopic (exact) mass is 399 g/mol. The van der Waals surface area contributed by atoms with Gasteiger partial charge in [0.05, 0.1) is 17.6 Å². The summed E-state index contributed by atoms with van der Waals surface area (Å²) in [7, 11) is 0. The summed E-state index contributed by atoms with van der Waals surface area (Å²) in [5.74, 6) is 0. The van der Waals surface area contributed by atoms with Gasteiger partial charge in [0.25, 0.3) is 0 Å². The number of hydrogen-bond acceptors (Lipinski definition) is 3. The summed E-state index contributed by atoms with van der Waals surface area (Å²) in [6.45, 7) is 5.76. The van der Waals surface area contributed by atoms with Crippen LogP contribution in [0.3, 0.4) is 0 Å². The molecule has 1 aromatic heterocycles. The molecule has 0 aliphatic carbocycles. The van der Waals surface area contributed by atoms with Crippen LogP contribution in [0.25, 0.3) is 16.7 Å². The first kappa shape index (κ1) is 17.3. The van der Waals surface area contributed by atoms with E-state index >= 15 is 0 Å². The lowest BCUT2D eigenvalue weighted by molar-refractivity contribution is 1.25. The van der Waals surface area contributed by atoms with Crippen LogP contribution in [0.1, 0.15) is 12.5 Å². The second-order valence-electron chi connectivity index (χ2n) is 6.71. The molecule has 2 aliphatic rings. The van der Waals surface area contributed by atoms with E-state index in [1.807, 2.05) is 18.6 Å². The highest BCUT2D eigenvalue weighted by Crippen LogP contribution is 2.63. The smallest absolute Gasteiger partial charge is 0.0985 e. The minimum absolute atomic E-state index is 1.05. The Bertz CT molecular complexity index is 1240. The number of rotatable bonds is 1. The van der Waals surface area contributed by atoms with E-state index < -0.39 is 6.19 Å². The lowest BCUT2D eigenvalue weighted by atomic mass is 10.0. The molecule has 28 heavy (non-hydrogen) atoms. The van der Waals surface area contributed by atoms with E-state index in [2.05, 4.69) is 89.0 Å². The number of anilines is 1.